The molecule has 176 valence electrons. The number of hydrogen-bond acceptors (Lipinski definition) is 8. The molecule has 3 aliphatic rings. The van der Waals surface area contributed by atoms with Gasteiger partial charge in [0.2, 0.25) is 11.7 Å². The minimum absolute atomic E-state index is 0.0761. The highest BCUT2D eigenvalue weighted by atomic mass is 35.5. The second-order valence-electron chi connectivity index (χ2n) is 9.56. The number of rotatable bonds is 4. The van der Waals surface area contributed by atoms with E-state index in [1.165, 1.54) is 11.3 Å². The quantitative estimate of drug-likeness (QED) is 0.404. The van der Waals surface area contributed by atoms with Crippen LogP contribution in [0.4, 0.5) is 5.82 Å². The van der Waals surface area contributed by atoms with Gasteiger partial charge in [-0.3, -0.25) is 4.79 Å². The average Bonchev–Trinajstić information content (AvgIpc) is 3.49. The summed E-state index contributed by atoms with van der Waals surface area (Å²) >= 11 is 7.38. The number of halogens is 1. The lowest BCUT2D eigenvalue weighted by atomic mass is 9.93. The van der Waals surface area contributed by atoms with Crippen LogP contribution in [-0.4, -0.2) is 60.4 Å². The van der Waals surface area contributed by atoms with E-state index in [-0.39, 0.29) is 23.8 Å². The van der Waals surface area contributed by atoms with E-state index in [1.807, 2.05) is 19.9 Å². The Kier molecular flexibility index (Phi) is 4.58. The Balaban J connectivity index is 1.41. The third kappa shape index (κ3) is 2.81. The molecule has 2 unspecified atom stereocenters. The number of aliphatic hydroxyl groups excluding tert-OH is 1. The Bertz CT molecular complexity index is 1410. The molecule has 11 heteroatoms. The third-order valence-corrected chi connectivity index (χ3v) is 8.47. The molecule has 6 atom stereocenters. The number of nitrogens with one attached hydrogen (secondary N) is 2. The first-order valence-corrected chi connectivity index (χ1v) is 12.3. The Morgan fingerprint density at radius 2 is 2.15 bits per heavy atom. The predicted molar refractivity (Wildman–Crippen MR) is 127 cm³/mol. The summed E-state index contributed by atoms with van der Waals surface area (Å²) in [5.74, 6) is 6.38. The van der Waals surface area contributed by atoms with Crippen LogP contribution in [0.25, 0.3) is 11.2 Å². The van der Waals surface area contributed by atoms with Gasteiger partial charge in [-0.25, -0.2) is 15.0 Å². The first-order chi connectivity index (χ1) is 16.2. The van der Waals surface area contributed by atoms with E-state index in [0.29, 0.717) is 33.6 Å². The van der Waals surface area contributed by atoms with Gasteiger partial charge in [-0.15, -0.1) is 11.3 Å². The Morgan fingerprint density at radius 1 is 1.35 bits per heavy atom. The molecule has 0 aliphatic heterocycles. The van der Waals surface area contributed by atoms with Crippen LogP contribution in [0.5, 0.6) is 0 Å². The highest BCUT2D eigenvalue weighted by molar-refractivity contribution is 7.16. The minimum atomic E-state index is -1.39. The predicted octanol–water partition coefficient (Wildman–Crippen LogP) is 1.79. The Labute approximate surface area is 204 Å². The molecule has 3 aromatic rings. The van der Waals surface area contributed by atoms with Gasteiger partial charge in [0, 0.05) is 19.0 Å². The zero-order valence-electron chi connectivity index (χ0n) is 18.7. The van der Waals surface area contributed by atoms with Crippen molar-refractivity contribution >= 4 is 45.8 Å². The van der Waals surface area contributed by atoms with Crippen LogP contribution >= 0.6 is 22.9 Å². The molecular formula is C23H23ClN6O3S. The standard InChI is InChI=1S/C23H23ClN6O3S/c1-10(2)27-18-16-19(29-14(28-18)7-5-11-4-6-13(24)34-11)30(9-26-16)17-15-12-8-22(12,21(32)25-3)20(31)23(15,17)33/h4,6,9-10,12,15,17,20,31,33H,8H2,1-3H3,(H,25,32)(H,27,28,29)/t12?,15-,17-,20+,22?,23+/m0/s1. The first kappa shape index (κ1) is 21.8. The summed E-state index contributed by atoms with van der Waals surface area (Å²) in [6, 6.07) is 3.31. The smallest absolute Gasteiger partial charge is 0.229 e. The number of thiophene rings is 1. The average molecular weight is 499 g/mol. The monoisotopic (exact) mass is 498 g/mol. The van der Waals surface area contributed by atoms with Gasteiger partial charge in [-0.1, -0.05) is 11.6 Å². The zero-order valence-corrected chi connectivity index (χ0v) is 20.3. The molecule has 3 aliphatic carbocycles. The van der Waals surface area contributed by atoms with Crippen molar-refractivity contribution in [3.05, 3.63) is 33.5 Å². The van der Waals surface area contributed by atoms with Crippen molar-refractivity contribution in [3.63, 3.8) is 0 Å². The van der Waals surface area contributed by atoms with Crippen molar-refractivity contribution in [2.24, 2.45) is 17.3 Å². The Hall–Kier alpha value is -2.71. The summed E-state index contributed by atoms with van der Waals surface area (Å²) in [5, 5.41) is 28.4. The number of carbonyl (C=O) groups is 1. The number of aromatic nitrogens is 4. The topological polar surface area (TPSA) is 125 Å². The molecule has 1 amide bonds. The normalized spacial score (nSPS) is 32.7. The lowest BCUT2D eigenvalue weighted by molar-refractivity contribution is -0.134. The summed E-state index contributed by atoms with van der Waals surface area (Å²) in [4.78, 5) is 27.0. The van der Waals surface area contributed by atoms with Crippen molar-refractivity contribution in [2.75, 3.05) is 12.4 Å². The largest absolute Gasteiger partial charge is 0.389 e. The van der Waals surface area contributed by atoms with Crippen LogP contribution in [0.1, 0.15) is 37.0 Å². The molecule has 3 heterocycles. The highest BCUT2D eigenvalue weighted by Crippen LogP contribution is 2.82. The Morgan fingerprint density at radius 3 is 2.76 bits per heavy atom. The number of nitrogens with zero attached hydrogens (tertiary/aromatic N) is 4. The highest BCUT2D eigenvalue weighted by Gasteiger charge is 2.91. The van der Waals surface area contributed by atoms with Crippen LogP contribution in [0.2, 0.25) is 4.34 Å². The molecule has 0 aromatic carbocycles. The lowest BCUT2D eigenvalue weighted by Gasteiger charge is -2.25. The second kappa shape index (κ2) is 7.15. The number of fused-ring (bicyclic) bond motifs is 4. The first-order valence-electron chi connectivity index (χ1n) is 11.1. The van der Waals surface area contributed by atoms with Crippen molar-refractivity contribution in [3.8, 4) is 11.8 Å². The number of aliphatic hydroxyl groups is 2. The van der Waals surface area contributed by atoms with E-state index >= 15 is 0 Å². The van der Waals surface area contributed by atoms with E-state index in [9.17, 15) is 15.0 Å². The molecule has 0 radical (unpaired) electrons. The van der Waals surface area contributed by atoms with Gasteiger partial charge in [-0.05, 0) is 50.2 Å². The maximum absolute atomic E-state index is 12.4. The fraction of sp³-hybridized carbons (Fsp3) is 0.478. The van der Waals surface area contributed by atoms with Gasteiger partial charge in [0.05, 0.1) is 33.1 Å². The molecule has 0 bridgehead atoms. The van der Waals surface area contributed by atoms with E-state index in [1.54, 1.807) is 24.0 Å². The summed E-state index contributed by atoms with van der Waals surface area (Å²) in [6.07, 6.45) is 1.05. The molecule has 0 saturated heterocycles. The van der Waals surface area contributed by atoms with Crippen LogP contribution in [0.15, 0.2) is 18.5 Å². The van der Waals surface area contributed by atoms with Crippen LogP contribution in [0.3, 0.4) is 0 Å². The zero-order chi connectivity index (χ0) is 24.0. The van der Waals surface area contributed by atoms with Gasteiger partial charge in [0.25, 0.3) is 0 Å². The van der Waals surface area contributed by atoms with E-state index in [4.69, 9.17) is 11.6 Å². The van der Waals surface area contributed by atoms with Gasteiger partial charge in [0.15, 0.2) is 17.0 Å². The summed E-state index contributed by atoms with van der Waals surface area (Å²) in [6.45, 7) is 4.00. The summed E-state index contributed by atoms with van der Waals surface area (Å²) < 4.78 is 2.45. The van der Waals surface area contributed by atoms with Gasteiger partial charge in [-0.2, -0.15) is 0 Å². The maximum atomic E-state index is 12.4. The summed E-state index contributed by atoms with van der Waals surface area (Å²) in [7, 11) is 1.56. The van der Waals surface area contributed by atoms with Gasteiger partial charge >= 0.3 is 0 Å². The maximum Gasteiger partial charge on any atom is 0.229 e. The molecular weight excluding hydrogens is 476 g/mol. The molecule has 3 aromatic heterocycles. The molecule has 6 rings (SSSR count). The van der Waals surface area contributed by atoms with E-state index in [2.05, 4.69) is 37.4 Å². The number of hydrogen-bond donors (Lipinski definition) is 4. The van der Waals surface area contributed by atoms with Crippen molar-refractivity contribution < 1.29 is 15.0 Å². The van der Waals surface area contributed by atoms with Crippen molar-refractivity contribution in [2.45, 2.75) is 44.1 Å². The van der Waals surface area contributed by atoms with Crippen LogP contribution in [-0.2, 0) is 4.79 Å². The van der Waals surface area contributed by atoms with Crippen LogP contribution in [0, 0.1) is 29.1 Å². The molecule has 4 N–H and O–H groups in total. The molecule has 34 heavy (non-hydrogen) atoms. The fourth-order valence-electron chi connectivity index (χ4n) is 5.83. The van der Waals surface area contributed by atoms with E-state index in [0.717, 1.165) is 4.88 Å². The van der Waals surface area contributed by atoms with Crippen LogP contribution < -0.4 is 10.6 Å². The number of anilines is 1. The molecule has 3 saturated carbocycles. The molecule has 9 nitrogen and oxygen atoms in total. The molecule has 3 fully saturated rings. The molecule has 0 spiro atoms. The number of carbonyl (C=O) groups excluding carboxylic acids is 1. The van der Waals surface area contributed by atoms with Gasteiger partial charge in [0.1, 0.15) is 5.60 Å². The van der Waals surface area contributed by atoms with Crippen molar-refractivity contribution in [1.29, 1.82) is 0 Å². The third-order valence-electron chi connectivity index (χ3n) is 7.32. The SMILES string of the molecule is CNC(=O)C12CC1[C@H]1[C@H](n3cnc4c(NC(C)C)nc(C#Cc5ccc(Cl)s5)nc43)[C@@]1(O)[C@@H]2O. The number of amides is 1. The lowest BCUT2D eigenvalue weighted by Crippen LogP contribution is -2.45. The number of imidazole rings is 1. The minimum Gasteiger partial charge on any atom is -0.389 e. The summed E-state index contributed by atoms with van der Waals surface area (Å²) in [5.41, 5.74) is -1.19. The fourth-order valence-corrected chi connectivity index (χ4v) is 6.73. The van der Waals surface area contributed by atoms with Crippen molar-refractivity contribution in [1.82, 2.24) is 24.8 Å². The van der Waals surface area contributed by atoms with Gasteiger partial charge < -0.3 is 25.4 Å². The second-order valence-corrected chi connectivity index (χ2v) is 11.3. The van der Waals surface area contributed by atoms with E-state index < -0.39 is 23.2 Å².